The van der Waals surface area contributed by atoms with Crippen LogP contribution in [0.15, 0.2) is 84.9 Å². The lowest BCUT2D eigenvalue weighted by Gasteiger charge is -2.11. The smallest absolute Gasteiger partial charge is 0.493 e. The van der Waals surface area contributed by atoms with Crippen LogP contribution in [-0.2, 0) is 41.8 Å². The summed E-state index contributed by atoms with van der Waals surface area (Å²) in [5.41, 5.74) is 2.99. The monoisotopic (exact) mass is 854 g/mol. The van der Waals surface area contributed by atoms with Crippen molar-refractivity contribution in [2.75, 3.05) is 28.4 Å². The molecule has 0 unspecified atom stereocenters. The van der Waals surface area contributed by atoms with Gasteiger partial charge in [-0.1, -0.05) is 36.4 Å². The number of benzene rings is 4. The van der Waals surface area contributed by atoms with Gasteiger partial charge >= 0.3 is 24.2 Å². The van der Waals surface area contributed by atoms with Crippen LogP contribution < -0.4 is 18.9 Å². The lowest BCUT2D eigenvalue weighted by Crippen LogP contribution is -2.11. The van der Waals surface area contributed by atoms with E-state index in [1.54, 1.807) is 48.5 Å². The zero-order valence-corrected chi connectivity index (χ0v) is 34.5. The number of ketones is 2. The van der Waals surface area contributed by atoms with Crippen molar-refractivity contribution >= 4 is 78.7 Å². The number of esters is 2. The lowest BCUT2D eigenvalue weighted by molar-refractivity contribution is -0.141. The summed E-state index contributed by atoms with van der Waals surface area (Å²) in [5, 5.41) is 1.36. The first-order valence-electron chi connectivity index (χ1n) is 18.3. The third-order valence-corrected chi connectivity index (χ3v) is 11.3. The van der Waals surface area contributed by atoms with Crippen molar-refractivity contribution < 1.29 is 66.7 Å². The highest BCUT2D eigenvalue weighted by Crippen LogP contribution is 2.39. The van der Waals surface area contributed by atoms with E-state index in [2.05, 4.69) is 9.47 Å². The summed E-state index contributed by atoms with van der Waals surface area (Å²) in [6, 6.07) is 24.5. The van der Waals surface area contributed by atoms with Gasteiger partial charge in [0.15, 0.2) is 34.6 Å². The molecule has 6 rings (SSSR count). The number of methoxy groups -OCH3 is 4. The summed E-state index contributed by atoms with van der Waals surface area (Å²) in [4.78, 5) is 74.7. The number of thiophene rings is 2. The molecule has 0 saturated heterocycles. The molecule has 0 aliphatic carbocycles. The van der Waals surface area contributed by atoms with Gasteiger partial charge in [-0.3, -0.25) is 19.2 Å². The summed E-state index contributed by atoms with van der Waals surface area (Å²) in [5.74, 6) is -0.603. The topological polar surface area (TPSA) is 176 Å². The first-order chi connectivity index (χ1) is 29.0. The Balaban J connectivity index is 1.04. The molecule has 60 heavy (non-hydrogen) atoms. The van der Waals surface area contributed by atoms with Gasteiger partial charge in [0, 0.05) is 34.4 Å². The molecule has 0 aliphatic rings. The van der Waals surface area contributed by atoms with Crippen molar-refractivity contribution in [2.45, 2.75) is 38.9 Å². The fraction of sp³-hybridized carbons (Fsp3) is 0.227. The van der Waals surface area contributed by atoms with Gasteiger partial charge in [-0.15, -0.1) is 22.7 Å². The highest BCUT2D eigenvalue weighted by Gasteiger charge is 2.20. The third kappa shape index (κ3) is 10.8. The highest BCUT2D eigenvalue weighted by atomic mass is 32.1. The number of carbonyl (C=O) groups excluding carboxylic acids is 6. The molecule has 0 amide bonds. The first-order valence-corrected chi connectivity index (χ1v) is 19.9. The van der Waals surface area contributed by atoms with Crippen LogP contribution in [0.2, 0.25) is 0 Å². The van der Waals surface area contributed by atoms with Gasteiger partial charge < -0.3 is 37.9 Å². The fourth-order valence-corrected chi connectivity index (χ4v) is 8.01. The van der Waals surface area contributed by atoms with Crippen LogP contribution in [0.3, 0.4) is 0 Å². The highest BCUT2D eigenvalue weighted by molar-refractivity contribution is 7.21. The number of hydrogen-bond acceptors (Lipinski definition) is 16. The molecule has 6 aromatic rings. The first kappa shape index (κ1) is 42.8. The molecule has 0 N–H and O–H groups in total. The van der Waals surface area contributed by atoms with Gasteiger partial charge in [0.05, 0.1) is 51.0 Å². The molecular formula is C44H38O14S2. The Hall–Kier alpha value is -6.78. The molecule has 310 valence electrons. The summed E-state index contributed by atoms with van der Waals surface area (Å²) in [6.45, 7) is -0.200. The molecule has 0 atom stereocenters. The van der Waals surface area contributed by atoms with Crippen LogP contribution in [0.4, 0.5) is 9.59 Å². The Kier molecular flexibility index (Phi) is 14.1. The average molecular weight is 855 g/mol. The molecular weight excluding hydrogens is 817 g/mol. The number of carbonyl (C=O) groups is 6. The minimum atomic E-state index is -0.964. The van der Waals surface area contributed by atoms with E-state index in [0.29, 0.717) is 36.4 Å². The maximum absolute atomic E-state index is 12.8. The molecule has 14 nitrogen and oxygen atoms in total. The summed E-state index contributed by atoms with van der Waals surface area (Å²) < 4.78 is 43.3. The average Bonchev–Trinajstić information content (AvgIpc) is 3.89. The minimum absolute atomic E-state index is 0.00699. The maximum Gasteiger partial charge on any atom is 0.514 e. The molecule has 2 heterocycles. The van der Waals surface area contributed by atoms with Gasteiger partial charge in [-0.2, -0.15) is 0 Å². The zero-order chi connectivity index (χ0) is 42.8. The van der Waals surface area contributed by atoms with Crippen LogP contribution >= 0.6 is 22.7 Å². The molecule has 0 bridgehead atoms. The largest absolute Gasteiger partial charge is 0.514 e. The van der Waals surface area contributed by atoms with Gasteiger partial charge in [-0.05, 0) is 69.4 Å². The molecule has 0 radical (unpaired) electrons. The van der Waals surface area contributed by atoms with Crippen LogP contribution in [0.25, 0.3) is 31.3 Å². The SMILES string of the molecule is COC(=O)CCC(=O)c1cc2cc(OC(=O)OCc3cccc(-c4cccc(COC(=O)Oc5cc6sc(C(=O)CCC(=O)OC)cc6cc5OC)c4)c3)c(OC)cc2s1. The number of ether oxygens (including phenoxy) is 8. The van der Waals surface area contributed by atoms with Gasteiger partial charge in [-0.25, -0.2) is 9.59 Å². The minimum Gasteiger partial charge on any atom is -0.493 e. The van der Waals surface area contributed by atoms with E-state index in [0.717, 1.165) is 15.8 Å². The van der Waals surface area contributed by atoms with Crippen LogP contribution in [-0.4, -0.2) is 64.3 Å². The van der Waals surface area contributed by atoms with E-state index >= 15 is 0 Å². The molecule has 0 aliphatic heterocycles. The van der Waals surface area contributed by atoms with E-state index in [4.69, 9.17) is 28.4 Å². The lowest BCUT2D eigenvalue weighted by atomic mass is 10.0. The van der Waals surface area contributed by atoms with E-state index in [1.165, 1.54) is 51.1 Å². The second kappa shape index (κ2) is 19.8. The summed E-state index contributed by atoms with van der Waals surface area (Å²) in [7, 11) is 5.39. The molecule has 0 spiro atoms. The quantitative estimate of drug-likeness (QED) is 0.0367. The van der Waals surface area contributed by atoms with Crippen molar-refractivity contribution in [3.05, 3.63) is 106 Å². The second-order valence-corrected chi connectivity index (χ2v) is 15.2. The second-order valence-electron chi connectivity index (χ2n) is 13.0. The zero-order valence-electron chi connectivity index (χ0n) is 32.9. The predicted octanol–water partition coefficient (Wildman–Crippen LogP) is 9.50. The molecule has 0 saturated carbocycles. The van der Waals surface area contributed by atoms with Crippen molar-refractivity contribution in [3.63, 3.8) is 0 Å². The number of hydrogen-bond donors (Lipinski definition) is 0. The Bertz CT molecular complexity index is 2410. The van der Waals surface area contributed by atoms with E-state index in [1.807, 2.05) is 36.4 Å². The predicted molar refractivity (Wildman–Crippen MR) is 221 cm³/mol. The molecule has 4 aromatic carbocycles. The Morgan fingerprint density at radius 2 is 0.900 bits per heavy atom. The van der Waals surface area contributed by atoms with Crippen molar-refractivity contribution in [2.24, 2.45) is 0 Å². The fourth-order valence-electron chi connectivity index (χ4n) is 5.93. The molecule has 0 fully saturated rings. The van der Waals surface area contributed by atoms with Gasteiger partial charge in [0.1, 0.15) is 13.2 Å². The van der Waals surface area contributed by atoms with Crippen LogP contribution in [0.5, 0.6) is 23.0 Å². The number of rotatable bonds is 17. The van der Waals surface area contributed by atoms with Crippen molar-refractivity contribution in [3.8, 4) is 34.1 Å². The number of fused-ring (bicyclic) bond motifs is 2. The summed E-state index contributed by atoms with van der Waals surface area (Å²) in [6.07, 6.45) is -1.97. The Morgan fingerprint density at radius 3 is 1.35 bits per heavy atom. The van der Waals surface area contributed by atoms with Crippen molar-refractivity contribution in [1.29, 1.82) is 0 Å². The molecule has 16 heteroatoms. The standard InChI is InChI=1S/C44H38O14S2/c1-51-33-17-29-19-39(31(45)11-13-41(47)53-3)60-38(29)22-36(33)58-44(50)56-24-26-8-6-10-28(16-26)27-9-5-7-25(15-27)23-55-43(49)57-35-18-30-20-40(32(46)12-14-42(48)54-4)59-37(30)21-34(35)52-2/h5-10,15-22H,11-14,23-24H2,1-4H3. The normalized spacial score (nSPS) is 10.8. The summed E-state index contributed by atoms with van der Waals surface area (Å²) >= 11 is 2.44. The third-order valence-electron chi connectivity index (χ3n) is 9.01. The van der Waals surface area contributed by atoms with E-state index in [9.17, 15) is 28.8 Å². The number of Topliss-reactive ketones (excluding diaryl/α,β-unsaturated/α-hetero) is 2. The molecule has 2 aromatic heterocycles. The Labute approximate surface area is 351 Å². The van der Waals surface area contributed by atoms with Crippen molar-refractivity contribution in [1.82, 2.24) is 0 Å². The van der Waals surface area contributed by atoms with Crippen LogP contribution in [0, 0.1) is 0 Å². The maximum atomic E-state index is 12.8. The van der Waals surface area contributed by atoms with Gasteiger partial charge in [0.2, 0.25) is 0 Å². The van der Waals surface area contributed by atoms with E-state index in [-0.39, 0.29) is 73.5 Å². The Morgan fingerprint density at radius 1 is 0.483 bits per heavy atom. The van der Waals surface area contributed by atoms with E-state index < -0.39 is 24.2 Å². The van der Waals surface area contributed by atoms with Gasteiger partial charge in [0.25, 0.3) is 0 Å². The van der Waals surface area contributed by atoms with Crippen LogP contribution in [0.1, 0.15) is 56.2 Å².